The lowest BCUT2D eigenvalue weighted by molar-refractivity contribution is -0.121. The number of oxazole rings is 1. The molecule has 0 unspecified atom stereocenters. The second-order valence-electron chi connectivity index (χ2n) is 6.58. The Kier molecular flexibility index (Phi) is 7.92. The Morgan fingerprint density at radius 2 is 1.81 bits per heavy atom. The molecule has 7 nitrogen and oxygen atoms in total. The number of aromatic nitrogens is 1. The van der Waals surface area contributed by atoms with Gasteiger partial charge in [0, 0.05) is 42.1 Å². The van der Waals surface area contributed by atoms with Gasteiger partial charge in [0.05, 0.1) is 18.3 Å². The number of ether oxygens (including phenoxy) is 1. The minimum absolute atomic E-state index is 0.164. The second kappa shape index (κ2) is 10.8. The van der Waals surface area contributed by atoms with Gasteiger partial charge in [0.25, 0.3) is 5.91 Å². The summed E-state index contributed by atoms with van der Waals surface area (Å²) in [6, 6.07) is 11.9. The van der Waals surface area contributed by atoms with Crippen molar-refractivity contribution < 1.29 is 18.7 Å². The molecule has 0 radical (unpaired) electrons. The molecule has 2 N–H and O–H groups in total. The summed E-state index contributed by atoms with van der Waals surface area (Å²) in [5, 5.41) is 6.50. The SMILES string of the molecule is COc1ccc(C(=O)NCCNC(=O)CCc2ncc(-c3ccc(Cl)cc3Cl)o2)cc1. The average Bonchev–Trinajstić information content (AvgIpc) is 3.24. The van der Waals surface area contributed by atoms with Crippen LogP contribution in [0.4, 0.5) is 0 Å². The number of nitrogens with one attached hydrogen (secondary N) is 2. The molecular formula is C22H21Cl2N3O4. The van der Waals surface area contributed by atoms with Crippen LogP contribution in [0.15, 0.2) is 53.1 Å². The van der Waals surface area contributed by atoms with E-state index in [1.54, 1.807) is 55.8 Å². The topological polar surface area (TPSA) is 93.5 Å². The van der Waals surface area contributed by atoms with E-state index in [9.17, 15) is 9.59 Å². The van der Waals surface area contributed by atoms with Crippen molar-refractivity contribution in [1.29, 1.82) is 0 Å². The molecule has 31 heavy (non-hydrogen) atoms. The Morgan fingerprint density at radius 3 is 2.52 bits per heavy atom. The number of amides is 2. The standard InChI is InChI=1S/C22H21Cl2N3O4/c1-30-16-5-2-14(3-6-16)22(29)26-11-10-25-20(28)8-9-21-27-13-19(31-21)17-7-4-15(23)12-18(17)24/h2-7,12-13H,8-11H2,1H3,(H,25,28)(H,26,29). The molecule has 0 fully saturated rings. The number of nitrogens with zero attached hydrogens (tertiary/aromatic N) is 1. The zero-order valence-electron chi connectivity index (χ0n) is 16.8. The van der Waals surface area contributed by atoms with Gasteiger partial charge in [0.2, 0.25) is 5.91 Å². The normalized spacial score (nSPS) is 10.5. The van der Waals surface area contributed by atoms with Gasteiger partial charge in [-0.05, 0) is 42.5 Å². The first-order valence-corrected chi connectivity index (χ1v) is 10.3. The number of hydrogen-bond acceptors (Lipinski definition) is 5. The van der Waals surface area contributed by atoms with E-state index in [0.717, 1.165) is 0 Å². The van der Waals surface area contributed by atoms with Crippen molar-refractivity contribution in [3.63, 3.8) is 0 Å². The third kappa shape index (κ3) is 6.47. The summed E-state index contributed by atoms with van der Waals surface area (Å²) in [6.07, 6.45) is 2.12. The maximum absolute atomic E-state index is 12.1. The third-order valence-corrected chi connectivity index (χ3v) is 4.95. The molecule has 1 heterocycles. The highest BCUT2D eigenvalue weighted by atomic mass is 35.5. The lowest BCUT2D eigenvalue weighted by atomic mass is 10.2. The van der Waals surface area contributed by atoms with Gasteiger partial charge in [0.1, 0.15) is 5.75 Å². The summed E-state index contributed by atoms with van der Waals surface area (Å²) in [5.74, 6) is 1.24. The molecule has 2 amide bonds. The monoisotopic (exact) mass is 461 g/mol. The molecule has 0 bridgehead atoms. The fourth-order valence-electron chi connectivity index (χ4n) is 2.77. The van der Waals surface area contributed by atoms with Crippen LogP contribution in [-0.2, 0) is 11.2 Å². The number of carbonyl (C=O) groups excluding carboxylic acids is 2. The maximum atomic E-state index is 12.1. The molecular weight excluding hydrogens is 441 g/mol. The van der Waals surface area contributed by atoms with E-state index < -0.39 is 0 Å². The summed E-state index contributed by atoms with van der Waals surface area (Å²) < 4.78 is 10.7. The highest BCUT2D eigenvalue weighted by Gasteiger charge is 2.12. The number of benzene rings is 2. The van der Waals surface area contributed by atoms with Gasteiger partial charge in [0.15, 0.2) is 11.7 Å². The highest BCUT2D eigenvalue weighted by molar-refractivity contribution is 6.36. The number of rotatable bonds is 9. The lowest BCUT2D eigenvalue weighted by Crippen LogP contribution is -2.34. The number of aryl methyl sites for hydroxylation is 1. The van der Waals surface area contributed by atoms with E-state index in [4.69, 9.17) is 32.4 Å². The quantitative estimate of drug-likeness (QED) is 0.467. The Balaban J connectivity index is 1.38. The van der Waals surface area contributed by atoms with Crippen LogP contribution in [0.5, 0.6) is 5.75 Å². The Bertz CT molecular complexity index is 1050. The van der Waals surface area contributed by atoms with Crippen LogP contribution in [0.2, 0.25) is 10.0 Å². The van der Waals surface area contributed by atoms with Crippen molar-refractivity contribution in [1.82, 2.24) is 15.6 Å². The van der Waals surface area contributed by atoms with Crippen molar-refractivity contribution in [2.45, 2.75) is 12.8 Å². The Morgan fingerprint density at radius 1 is 1.06 bits per heavy atom. The average molecular weight is 462 g/mol. The van der Waals surface area contributed by atoms with Crippen molar-refractivity contribution in [2.24, 2.45) is 0 Å². The number of carbonyl (C=O) groups is 2. The van der Waals surface area contributed by atoms with Gasteiger partial charge in [-0.2, -0.15) is 0 Å². The minimum Gasteiger partial charge on any atom is -0.497 e. The van der Waals surface area contributed by atoms with E-state index in [1.165, 1.54) is 0 Å². The number of methoxy groups -OCH3 is 1. The first-order valence-electron chi connectivity index (χ1n) is 9.55. The molecule has 3 rings (SSSR count). The largest absolute Gasteiger partial charge is 0.497 e. The van der Waals surface area contributed by atoms with E-state index in [0.29, 0.717) is 58.1 Å². The zero-order chi connectivity index (χ0) is 22.2. The van der Waals surface area contributed by atoms with Crippen LogP contribution in [0.25, 0.3) is 11.3 Å². The molecule has 0 aliphatic carbocycles. The predicted octanol–water partition coefficient (Wildman–Crippen LogP) is 4.14. The number of halogens is 2. The van der Waals surface area contributed by atoms with E-state index in [2.05, 4.69) is 15.6 Å². The van der Waals surface area contributed by atoms with E-state index in [1.807, 2.05) is 0 Å². The summed E-state index contributed by atoms with van der Waals surface area (Å²) in [4.78, 5) is 28.3. The maximum Gasteiger partial charge on any atom is 0.251 e. The van der Waals surface area contributed by atoms with Crippen LogP contribution < -0.4 is 15.4 Å². The van der Waals surface area contributed by atoms with Crippen LogP contribution in [0.3, 0.4) is 0 Å². The van der Waals surface area contributed by atoms with Gasteiger partial charge >= 0.3 is 0 Å². The van der Waals surface area contributed by atoms with Gasteiger partial charge < -0.3 is 19.8 Å². The smallest absolute Gasteiger partial charge is 0.251 e. The fraction of sp³-hybridized carbons (Fsp3) is 0.227. The van der Waals surface area contributed by atoms with Gasteiger partial charge in [-0.25, -0.2) is 4.98 Å². The van der Waals surface area contributed by atoms with Gasteiger partial charge in [-0.15, -0.1) is 0 Å². The van der Waals surface area contributed by atoms with Crippen molar-refractivity contribution in [3.05, 3.63) is 70.2 Å². The summed E-state index contributed by atoms with van der Waals surface area (Å²) in [7, 11) is 1.56. The molecule has 2 aromatic carbocycles. The van der Waals surface area contributed by atoms with Gasteiger partial charge in [-0.3, -0.25) is 9.59 Å². The Hall–Kier alpha value is -3.03. The molecule has 0 aliphatic rings. The zero-order valence-corrected chi connectivity index (χ0v) is 18.3. The highest BCUT2D eigenvalue weighted by Crippen LogP contribution is 2.30. The summed E-state index contributed by atoms with van der Waals surface area (Å²) in [6.45, 7) is 0.632. The van der Waals surface area contributed by atoms with E-state index >= 15 is 0 Å². The third-order valence-electron chi connectivity index (χ3n) is 4.40. The predicted molar refractivity (Wildman–Crippen MR) is 119 cm³/mol. The summed E-state index contributed by atoms with van der Waals surface area (Å²) >= 11 is 12.1. The van der Waals surface area contributed by atoms with Crippen LogP contribution in [-0.4, -0.2) is 37.0 Å². The van der Waals surface area contributed by atoms with Crippen LogP contribution >= 0.6 is 23.2 Å². The first kappa shape index (κ1) is 22.7. The van der Waals surface area contributed by atoms with Crippen LogP contribution in [0, 0.1) is 0 Å². The van der Waals surface area contributed by atoms with Crippen LogP contribution in [0.1, 0.15) is 22.7 Å². The molecule has 9 heteroatoms. The lowest BCUT2D eigenvalue weighted by Gasteiger charge is -2.07. The molecule has 0 saturated carbocycles. The first-order chi connectivity index (χ1) is 15.0. The van der Waals surface area contributed by atoms with Crippen molar-refractivity contribution in [2.75, 3.05) is 20.2 Å². The molecule has 0 spiro atoms. The molecule has 0 atom stereocenters. The Labute approximate surface area is 189 Å². The molecule has 162 valence electrons. The van der Waals surface area contributed by atoms with Crippen molar-refractivity contribution >= 4 is 35.0 Å². The van der Waals surface area contributed by atoms with Crippen molar-refractivity contribution in [3.8, 4) is 17.1 Å². The fourth-order valence-corrected chi connectivity index (χ4v) is 3.27. The molecule has 0 saturated heterocycles. The molecule has 1 aromatic heterocycles. The summed E-state index contributed by atoms with van der Waals surface area (Å²) in [5.41, 5.74) is 1.20. The van der Waals surface area contributed by atoms with Gasteiger partial charge in [-0.1, -0.05) is 23.2 Å². The molecule has 3 aromatic rings. The van der Waals surface area contributed by atoms with E-state index in [-0.39, 0.29) is 18.2 Å². The second-order valence-corrected chi connectivity index (χ2v) is 7.42. The minimum atomic E-state index is -0.218. The molecule has 0 aliphatic heterocycles. The number of hydrogen-bond donors (Lipinski definition) is 2.